The second-order valence-electron chi connectivity index (χ2n) is 3.50. The molecule has 80 valence electrons. The average molecular weight is 199 g/mol. The van der Waals surface area contributed by atoms with Gasteiger partial charge in [0.25, 0.3) is 0 Å². The fraction of sp³-hybridized carbons (Fsp3) is 0.778. The summed E-state index contributed by atoms with van der Waals surface area (Å²) in [4.78, 5) is 25.6. The first-order valence-electron chi connectivity index (χ1n) is 4.96. The van der Waals surface area contributed by atoms with Gasteiger partial charge in [-0.3, -0.25) is 14.5 Å². The molecule has 2 amide bonds. The number of rotatable bonds is 2. The molecule has 1 aliphatic rings. The molecule has 1 saturated heterocycles. The van der Waals surface area contributed by atoms with E-state index in [0.717, 1.165) is 26.1 Å². The fourth-order valence-electron chi connectivity index (χ4n) is 1.65. The highest BCUT2D eigenvalue weighted by Gasteiger charge is 2.23. The van der Waals surface area contributed by atoms with Gasteiger partial charge < -0.3 is 10.6 Å². The molecule has 1 heterocycles. The Morgan fingerprint density at radius 1 is 1.21 bits per heavy atom. The summed E-state index contributed by atoms with van der Waals surface area (Å²) in [6.45, 7) is 6.09. The van der Waals surface area contributed by atoms with Crippen LogP contribution in [0.4, 0.5) is 0 Å². The van der Waals surface area contributed by atoms with E-state index in [1.54, 1.807) is 0 Å². The SMILES string of the molecule is CCCN1CCN(C(=O)C(N)=O)CC1. The van der Waals surface area contributed by atoms with E-state index in [2.05, 4.69) is 11.8 Å². The third-order valence-corrected chi connectivity index (χ3v) is 2.41. The first-order chi connectivity index (χ1) is 6.65. The van der Waals surface area contributed by atoms with Crippen molar-refractivity contribution in [3.05, 3.63) is 0 Å². The standard InChI is InChI=1S/C9H17N3O2/c1-2-3-11-4-6-12(7-5-11)9(14)8(10)13/h2-7H2,1H3,(H2,10,13). The maximum Gasteiger partial charge on any atom is 0.311 e. The number of primary amides is 1. The second-order valence-corrected chi connectivity index (χ2v) is 3.50. The van der Waals surface area contributed by atoms with Gasteiger partial charge in [-0.1, -0.05) is 6.92 Å². The van der Waals surface area contributed by atoms with E-state index in [1.807, 2.05) is 0 Å². The zero-order valence-electron chi connectivity index (χ0n) is 8.53. The lowest BCUT2D eigenvalue weighted by Crippen LogP contribution is -2.51. The molecule has 0 spiro atoms. The van der Waals surface area contributed by atoms with Gasteiger partial charge in [0.05, 0.1) is 0 Å². The molecule has 0 aromatic carbocycles. The van der Waals surface area contributed by atoms with Crippen LogP contribution < -0.4 is 5.73 Å². The Balaban J connectivity index is 2.35. The van der Waals surface area contributed by atoms with Crippen LogP contribution in [0, 0.1) is 0 Å². The molecule has 2 N–H and O–H groups in total. The molecule has 0 unspecified atom stereocenters. The Hall–Kier alpha value is -1.10. The molecular weight excluding hydrogens is 182 g/mol. The molecule has 0 atom stereocenters. The lowest BCUT2D eigenvalue weighted by molar-refractivity contribution is -0.145. The number of carbonyl (C=O) groups excluding carboxylic acids is 2. The highest BCUT2D eigenvalue weighted by molar-refractivity contribution is 6.34. The molecule has 5 heteroatoms. The molecule has 0 aromatic rings. The van der Waals surface area contributed by atoms with Crippen LogP contribution >= 0.6 is 0 Å². The number of nitrogens with zero attached hydrogens (tertiary/aromatic N) is 2. The summed E-state index contributed by atoms with van der Waals surface area (Å²) < 4.78 is 0. The molecule has 0 saturated carbocycles. The van der Waals surface area contributed by atoms with Crippen molar-refractivity contribution in [3.8, 4) is 0 Å². The zero-order valence-corrected chi connectivity index (χ0v) is 8.53. The fourth-order valence-corrected chi connectivity index (χ4v) is 1.65. The third kappa shape index (κ3) is 2.70. The van der Waals surface area contributed by atoms with Crippen LogP contribution in [0.15, 0.2) is 0 Å². The highest BCUT2D eigenvalue weighted by Crippen LogP contribution is 2.02. The summed E-state index contributed by atoms with van der Waals surface area (Å²) in [6.07, 6.45) is 1.11. The molecule has 0 aliphatic carbocycles. The van der Waals surface area contributed by atoms with Gasteiger partial charge in [-0.05, 0) is 13.0 Å². The van der Waals surface area contributed by atoms with E-state index >= 15 is 0 Å². The first-order valence-corrected chi connectivity index (χ1v) is 4.96. The summed E-state index contributed by atoms with van der Waals surface area (Å²) in [7, 11) is 0. The Morgan fingerprint density at radius 2 is 1.79 bits per heavy atom. The number of hydrogen-bond acceptors (Lipinski definition) is 3. The van der Waals surface area contributed by atoms with Crippen LogP contribution in [0.25, 0.3) is 0 Å². The van der Waals surface area contributed by atoms with Crippen molar-refractivity contribution in [2.24, 2.45) is 5.73 Å². The van der Waals surface area contributed by atoms with Crippen molar-refractivity contribution in [2.45, 2.75) is 13.3 Å². The minimum Gasteiger partial charge on any atom is -0.361 e. The Bertz CT molecular complexity index is 222. The molecule has 1 rings (SSSR count). The quantitative estimate of drug-likeness (QED) is 0.582. The minimum atomic E-state index is -0.853. The molecule has 5 nitrogen and oxygen atoms in total. The maximum absolute atomic E-state index is 11.2. The van der Waals surface area contributed by atoms with Crippen molar-refractivity contribution in [3.63, 3.8) is 0 Å². The third-order valence-electron chi connectivity index (χ3n) is 2.41. The molecule has 0 radical (unpaired) electrons. The van der Waals surface area contributed by atoms with E-state index < -0.39 is 11.8 Å². The number of nitrogens with two attached hydrogens (primary N) is 1. The monoisotopic (exact) mass is 199 g/mol. The van der Waals surface area contributed by atoms with E-state index in [4.69, 9.17) is 5.73 Å². The van der Waals surface area contributed by atoms with Gasteiger partial charge in [0.15, 0.2) is 0 Å². The van der Waals surface area contributed by atoms with E-state index in [1.165, 1.54) is 4.90 Å². The van der Waals surface area contributed by atoms with Crippen LogP contribution in [0.5, 0.6) is 0 Å². The topological polar surface area (TPSA) is 66.6 Å². The van der Waals surface area contributed by atoms with E-state index in [9.17, 15) is 9.59 Å². The Kier molecular flexibility index (Phi) is 3.88. The predicted molar refractivity (Wildman–Crippen MR) is 52.5 cm³/mol. The minimum absolute atomic E-state index is 0.554. The molecule has 0 bridgehead atoms. The van der Waals surface area contributed by atoms with Crippen molar-refractivity contribution in [1.82, 2.24) is 9.80 Å². The van der Waals surface area contributed by atoms with Gasteiger partial charge in [0, 0.05) is 26.2 Å². The van der Waals surface area contributed by atoms with Crippen molar-refractivity contribution in [1.29, 1.82) is 0 Å². The van der Waals surface area contributed by atoms with Crippen LogP contribution in [-0.2, 0) is 9.59 Å². The second kappa shape index (κ2) is 4.95. The van der Waals surface area contributed by atoms with Crippen LogP contribution in [0.2, 0.25) is 0 Å². The molecule has 14 heavy (non-hydrogen) atoms. The number of amides is 2. The summed E-state index contributed by atoms with van der Waals surface area (Å²) in [5, 5.41) is 0. The van der Waals surface area contributed by atoms with Gasteiger partial charge in [0.2, 0.25) is 0 Å². The van der Waals surface area contributed by atoms with Crippen molar-refractivity contribution in [2.75, 3.05) is 32.7 Å². The van der Waals surface area contributed by atoms with E-state index in [-0.39, 0.29) is 0 Å². The Morgan fingerprint density at radius 3 is 2.21 bits per heavy atom. The maximum atomic E-state index is 11.2. The average Bonchev–Trinajstić information content (AvgIpc) is 2.18. The van der Waals surface area contributed by atoms with Gasteiger partial charge in [0.1, 0.15) is 0 Å². The lowest BCUT2D eigenvalue weighted by Gasteiger charge is -2.33. The van der Waals surface area contributed by atoms with Crippen molar-refractivity contribution >= 4 is 11.8 Å². The molecular formula is C9H17N3O2. The number of piperazine rings is 1. The highest BCUT2D eigenvalue weighted by atomic mass is 16.2. The number of carbonyl (C=O) groups is 2. The predicted octanol–water partition coefficient (Wildman–Crippen LogP) is -0.974. The Labute approximate surface area is 83.8 Å². The van der Waals surface area contributed by atoms with Crippen LogP contribution in [0.3, 0.4) is 0 Å². The normalized spacial score (nSPS) is 18.2. The lowest BCUT2D eigenvalue weighted by atomic mass is 10.3. The van der Waals surface area contributed by atoms with Crippen molar-refractivity contribution < 1.29 is 9.59 Å². The van der Waals surface area contributed by atoms with Crippen LogP contribution in [0.1, 0.15) is 13.3 Å². The molecule has 1 fully saturated rings. The van der Waals surface area contributed by atoms with Crippen LogP contribution in [-0.4, -0.2) is 54.3 Å². The smallest absolute Gasteiger partial charge is 0.311 e. The first kappa shape index (κ1) is 11.0. The van der Waals surface area contributed by atoms with E-state index in [0.29, 0.717) is 13.1 Å². The molecule has 0 aromatic heterocycles. The van der Waals surface area contributed by atoms with Gasteiger partial charge in [-0.15, -0.1) is 0 Å². The van der Waals surface area contributed by atoms with Gasteiger partial charge >= 0.3 is 11.8 Å². The summed E-state index contributed by atoms with van der Waals surface area (Å²) in [5.74, 6) is -1.41. The largest absolute Gasteiger partial charge is 0.361 e. The van der Waals surface area contributed by atoms with Gasteiger partial charge in [-0.25, -0.2) is 0 Å². The number of hydrogen-bond donors (Lipinski definition) is 1. The summed E-state index contributed by atoms with van der Waals surface area (Å²) >= 11 is 0. The zero-order chi connectivity index (χ0) is 10.6. The molecule has 1 aliphatic heterocycles. The summed E-state index contributed by atoms with van der Waals surface area (Å²) in [5.41, 5.74) is 4.92. The summed E-state index contributed by atoms with van der Waals surface area (Å²) in [6, 6.07) is 0. The van der Waals surface area contributed by atoms with Gasteiger partial charge in [-0.2, -0.15) is 0 Å².